The van der Waals surface area contributed by atoms with E-state index in [0.717, 1.165) is 27.3 Å². The lowest BCUT2D eigenvalue weighted by molar-refractivity contribution is 1.05. The molecule has 5 heteroatoms. The Kier molecular flexibility index (Phi) is 3.37. The van der Waals surface area contributed by atoms with Gasteiger partial charge in [0, 0.05) is 28.5 Å². The lowest BCUT2D eigenvalue weighted by Crippen LogP contribution is -1.97. The van der Waals surface area contributed by atoms with Gasteiger partial charge < -0.3 is 10.3 Å². The Bertz CT molecular complexity index is 720. The zero-order chi connectivity index (χ0) is 13.2. The number of nitrogens with one attached hydrogen (secondary N) is 2. The molecule has 0 aliphatic rings. The van der Waals surface area contributed by atoms with Crippen molar-refractivity contribution in [2.24, 2.45) is 0 Å². The Morgan fingerprint density at radius 2 is 2.16 bits per heavy atom. The van der Waals surface area contributed by atoms with Crippen LogP contribution in [0.25, 0.3) is 10.9 Å². The van der Waals surface area contributed by atoms with Gasteiger partial charge in [0.1, 0.15) is 11.6 Å². The number of halogens is 1. The monoisotopic (exact) mass is 364 g/mol. The number of aryl methyl sites for hydroxylation is 1. The van der Waals surface area contributed by atoms with Gasteiger partial charge in [-0.15, -0.1) is 0 Å². The van der Waals surface area contributed by atoms with Gasteiger partial charge in [0.2, 0.25) is 0 Å². The van der Waals surface area contributed by atoms with Crippen LogP contribution in [0.5, 0.6) is 0 Å². The van der Waals surface area contributed by atoms with Crippen LogP contribution >= 0.6 is 22.6 Å². The largest absolute Gasteiger partial charge is 0.359 e. The Morgan fingerprint density at radius 3 is 3.00 bits per heavy atom. The molecule has 0 saturated heterocycles. The first kappa shape index (κ1) is 12.4. The number of alkyl halides is 1. The molecule has 1 aromatic carbocycles. The van der Waals surface area contributed by atoms with E-state index in [1.54, 1.807) is 6.20 Å². The van der Waals surface area contributed by atoms with E-state index in [0.29, 0.717) is 0 Å². The van der Waals surface area contributed by atoms with Crippen LogP contribution in [0, 0.1) is 6.92 Å². The van der Waals surface area contributed by atoms with E-state index >= 15 is 0 Å². The van der Waals surface area contributed by atoms with Gasteiger partial charge in [-0.2, -0.15) is 0 Å². The SMILES string of the molecule is Cc1cc2cc(Nc3ccnc(CI)n3)ccc2[nH]1. The molecule has 0 aliphatic heterocycles. The molecule has 0 atom stereocenters. The first-order valence-electron chi connectivity index (χ1n) is 5.99. The van der Waals surface area contributed by atoms with E-state index in [-0.39, 0.29) is 0 Å². The average Bonchev–Trinajstić information content (AvgIpc) is 2.78. The van der Waals surface area contributed by atoms with Crippen molar-refractivity contribution >= 4 is 45.0 Å². The zero-order valence-electron chi connectivity index (χ0n) is 10.4. The van der Waals surface area contributed by atoms with E-state index in [4.69, 9.17) is 0 Å². The van der Waals surface area contributed by atoms with Crippen molar-refractivity contribution in [1.82, 2.24) is 15.0 Å². The third-order valence-corrected chi connectivity index (χ3v) is 3.54. The molecule has 2 aromatic heterocycles. The van der Waals surface area contributed by atoms with Gasteiger partial charge in [-0.05, 0) is 37.3 Å². The topological polar surface area (TPSA) is 53.6 Å². The fourth-order valence-corrected chi connectivity index (χ4v) is 2.40. The highest BCUT2D eigenvalue weighted by atomic mass is 127. The van der Waals surface area contributed by atoms with E-state index in [1.165, 1.54) is 11.1 Å². The molecular formula is C14H13IN4. The Labute approximate surface area is 124 Å². The first-order valence-corrected chi connectivity index (χ1v) is 7.51. The van der Waals surface area contributed by atoms with Crippen molar-refractivity contribution < 1.29 is 0 Å². The maximum atomic E-state index is 4.43. The van der Waals surface area contributed by atoms with Crippen LogP contribution in [0.15, 0.2) is 36.5 Å². The van der Waals surface area contributed by atoms with Gasteiger partial charge in [-0.3, -0.25) is 0 Å². The number of anilines is 2. The summed E-state index contributed by atoms with van der Waals surface area (Å²) in [5.74, 6) is 1.66. The Morgan fingerprint density at radius 1 is 1.26 bits per heavy atom. The number of hydrogen-bond acceptors (Lipinski definition) is 3. The van der Waals surface area contributed by atoms with Gasteiger partial charge >= 0.3 is 0 Å². The zero-order valence-corrected chi connectivity index (χ0v) is 12.6. The standard InChI is InChI=1S/C14H13IN4/c1-9-6-10-7-11(2-3-12(10)17-9)18-13-4-5-16-14(8-15)19-13/h2-7,17H,8H2,1H3,(H,16,18,19). The normalized spacial score (nSPS) is 10.8. The molecule has 0 spiro atoms. The minimum atomic E-state index is 0.809. The van der Waals surface area contributed by atoms with Crippen LogP contribution in [0.3, 0.4) is 0 Å². The summed E-state index contributed by atoms with van der Waals surface area (Å²) < 4.78 is 0.809. The molecule has 0 aliphatic carbocycles. The number of nitrogens with zero attached hydrogens (tertiary/aromatic N) is 2. The van der Waals surface area contributed by atoms with Crippen molar-refractivity contribution in [2.45, 2.75) is 11.4 Å². The quantitative estimate of drug-likeness (QED) is 0.547. The van der Waals surface area contributed by atoms with Crippen LogP contribution in [0.4, 0.5) is 11.5 Å². The van der Waals surface area contributed by atoms with Crippen molar-refractivity contribution in [3.05, 3.63) is 48.0 Å². The lowest BCUT2D eigenvalue weighted by Gasteiger charge is -2.06. The summed E-state index contributed by atoms with van der Waals surface area (Å²) in [6, 6.07) is 10.2. The van der Waals surface area contributed by atoms with Crippen molar-refractivity contribution in [3.8, 4) is 0 Å². The van der Waals surface area contributed by atoms with E-state index in [1.807, 2.05) is 12.1 Å². The predicted octanol–water partition coefficient (Wildman–Crippen LogP) is 3.94. The van der Waals surface area contributed by atoms with Crippen molar-refractivity contribution in [1.29, 1.82) is 0 Å². The van der Waals surface area contributed by atoms with E-state index in [9.17, 15) is 0 Å². The first-order chi connectivity index (χ1) is 9.24. The van der Waals surface area contributed by atoms with Crippen LogP contribution in [0.1, 0.15) is 11.5 Å². The summed E-state index contributed by atoms with van der Waals surface area (Å²) in [4.78, 5) is 11.9. The molecule has 96 valence electrons. The molecule has 0 radical (unpaired) electrons. The fraction of sp³-hybridized carbons (Fsp3) is 0.143. The highest BCUT2D eigenvalue weighted by molar-refractivity contribution is 14.1. The van der Waals surface area contributed by atoms with Crippen LogP contribution < -0.4 is 5.32 Å². The molecular weight excluding hydrogens is 351 g/mol. The van der Waals surface area contributed by atoms with Gasteiger partial charge in [0.15, 0.2) is 0 Å². The molecule has 0 unspecified atom stereocenters. The molecule has 0 fully saturated rings. The Hall–Kier alpha value is -1.63. The smallest absolute Gasteiger partial charge is 0.140 e. The fourth-order valence-electron chi connectivity index (χ4n) is 2.04. The summed E-state index contributed by atoms with van der Waals surface area (Å²) >= 11 is 2.26. The third kappa shape index (κ3) is 2.70. The second kappa shape index (κ2) is 5.16. The average molecular weight is 364 g/mol. The number of benzene rings is 1. The van der Waals surface area contributed by atoms with Crippen LogP contribution in [-0.2, 0) is 4.43 Å². The molecule has 4 nitrogen and oxygen atoms in total. The number of hydrogen-bond donors (Lipinski definition) is 2. The number of rotatable bonds is 3. The van der Waals surface area contributed by atoms with E-state index < -0.39 is 0 Å². The molecule has 2 N–H and O–H groups in total. The number of aromatic nitrogens is 3. The molecule has 0 saturated carbocycles. The highest BCUT2D eigenvalue weighted by Crippen LogP contribution is 2.22. The molecule has 2 heterocycles. The second-order valence-corrected chi connectivity index (χ2v) is 5.13. The summed E-state index contributed by atoms with van der Waals surface area (Å²) in [6.07, 6.45) is 1.78. The maximum absolute atomic E-state index is 4.43. The van der Waals surface area contributed by atoms with Crippen LogP contribution in [0.2, 0.25) is 0 Å². The summed E-state index contributed by atoms with van der Waals surface area (Å²) in [5, 5.41) is 4.51. The second-order valence-electron chi connectivity index (χ2n) is 4.37. The van der Waals surface area contributed by atoms with Crippen molar-refractivity contribution in [3.63, 3.8) is 0 Å². The van der Waals surface area contributed by atoms with E-state index in [2.05, 4.69) is 68.0 Å². The molecule has 3 aromatic rings. The van der Waals surface area contributed by atoms with Crippen molar-refractivity contribution in [2.75, 3.05) is 5.32 Å². The highest BCUT2D eigenvalue weighted by Gasteiger charge is 2.02. The Balaban J connectivity index is 1.91. The number of fused-ring (bicyclic) bond motifs is 1. The third-order valence-electron chi connectivity index (χ3n) is 2.85. The van der Waals surface area contributed by atoms with Gasteiger partial charge in [-0.1, -0.05) is 22.6 Å². The predicted molar refractivity (Wildman–Crippen MR) is 86.1 cm³/mol. The van der Waals surface area contributed by atoms with Gasteiger partial charge in [-0.25, -0.2) is 9.97 Å². The van der Waals surface area contributed by atoms with Gasteiger partial charge in [0.25, 0.3) is 0 Å². The minimum Gasteiger partial charge on any atom is -0.359 e. The number of aromatic amines is 1. The van der Waals surface area contributed by atoms with Crippen LogP contribution in [-0.4, -0.2) is 15.0 Å². The molecule has 0 amide bonds. The maximum Gasteiger partial charge on any atom is 0.140 e. The minimum absolute atomic E-state index is 0.809. The van der Waals surface area contributed by atoms with Gasteiger partial charge in [0.05, 0.1) is 4.43 Å². The molecule has 0 bridgehead atoms. The number of H-pyrrole nitrogens is 1. The lowest BCUT2D eigenvalue weighted by atomic mass is 10.2. The summed E-state index contributed by atoms with van der Waals surface area (Å²) in [5.41, 5.74) is 3.35. The molecule has 3 rings (SSSR count). The summed E-state index contributed by atoms with van der Waals surface area (Å²) in [7, 11) is 0. The molecule has 19 heavy (non-hydrogen) atoms. The summed E-state index contributed by atoms with van der Waals surface area (Å²) in [6.45, 7) is 2.06.